The number of carbonyl (C=O) groups is 2. The zero-order valence-corrected chi connectivity index (χ0v) is 21.6. The highest BCUT2D eigenvalue weighted by Gasteiger charge is 2.45. The number of hydrogen-bond acceptors (Lipinski definition) is 5. The molecule has 0 radical (unpaired) electrons. The van der Waals surface area contributed by atoms with Crippen LogP contribution in [0.5, 0.6) is 11.5 Å². The van der Waals surface area contributed by atoms with E-state index in [0.29, 0.717) is 6.42 Å². The highest BCUT2D eigenvalue weighted by atomic mass is 35.5. The van der Waals surface area contributed by atoms with Gasteiger partial charge >= 0.3 is 0 Å². The van der Waals surface area contributed by atoms with E-state index in [1.54, 1.807) is 24.3 Å². The van der Waals surface area contributed by atoms with Gasteiger partial charge in [-0.15, -0.1) is 0 Å². The number of ether oxygens (including phenoxy) is 2. The average Bonchev–Trinajstić information content (AvgIpc) is 2.70. The predicted molar refractivity (Wildman–Crippen MR) is 130 cm³/mol. The molecule has 0 aromatic heterocycles. The lowest BCUT2D eigenvalue weighted by atomic mass is 9.86. The normalized spacial score (nSPS) is 14.4. The van der Waals surface area contributed by atoms with Crippen LogP contribution in [0.3, 0.4) is 0 Å². The van der Waals surface area contributed by atoms with Crippen LogP contribution in [0.1, 0.15) is 54.8 Å². The van der Waals surface area contributed by atoms with E-state index in [0.717, 1.165) is 0 Å². The van der Waals surface area contributed by atoms with Gasteiger partial charge in [-0.1, -0.05) is 63.0 Å². The third-order valence-electron chi connectivity index (χ3n) is 5.00. The molecule has 0 fully saturated rings. The molecule has 2 aromatic carbocycles. The number of hydrogen-bond donors (Lipinski definition) is 0. The molecule has 5 nitrogen and oxygen atoms in total. The molecular weight excluding hydrogens is 470 g/mol. The van der Waals surface area contributed by atoms with E-state index in [2.05, 4.69) is 0 Å². The van der Waals surface area contributed by atoms with Gasteiger partial charge in [0.05, 0.1) is 29.8 Å². The Kier molecular flexibility index (Phi) is 8.61. The van der Waals surface area contributed by atoms with Crippen molar-refractivity contribution in [3.05, 3.63) is 57.6 Å². The van der Waals surface area contributed by atoms with E-state index in [1.807, 2.05) is 27.7 Å². The minimum Gasteiger partial charge on any atom is -0.496 e. The smallest absolute Gasteiger partial charge is 0.236 e. The van der Waals surface area contributed by atoms with Gasteiger partial charge in [0.1, 0.15) is 17.1 Å². The predicted octanol–water partition coefficient (Wildman–Crippen LogP) is 7.43. The fraction of sp³-hybridized carbons (Fsp3) is 0.417. The Morgan fingerprint density at radius 2 is 1.34 bits per heavy atom. The Labute approximate surface area is 199 Å². The van der Waals surface area contributed by atoms with Crippen LogP contribution in [0.25, 0.3) is 0 Å². The Bertz CT molecular complexity index is 1020. The highest BCUT2D eigenvalue weighted by Crippen LogP contribution is 2.57. The van der Waals surface area contributed by atoms with Crippen LogP contribution in [-0.4, -0.2) is 31.4 Å². The lowest BCUT2D eigenvalue weighted by Gasteiger charge is -2.27. The maximum absolute atomic E-state index is 14.4. The molecule has 0 aliphatic carbocycles. The molecule has 2 unspecified atom stereocenters. The van der Waals surface area contributed by atoms with Crippen LogP contribution in [0.15, 0.2) is 36.4 Å². The summed E-state index contributed by atoms with van der Waals surface area (Å²) in [5.74, 6) is 0.169. The van der Waals surface area contributed by atoms with Crippen molar-refractivity contribution in [1.82, 2.24) is 0 Å². The molecule has 32 heavy (non-hydrogen) atoms. The summed E-state index contributed by atoms with van der Waals surface area (Å²) in [6, 6.07) is 9.32. The van der Waals surface area contributed by atoms with Gasteiger partial charge in [-0.3, -0.25) is 9.59 Å². The summed E-state index contributed by atoms with van der Waals surface area (Å²) in [4.78, 5) is 27.5. The summed E-state index contributed by atoms with van der Waals surface area (Å²) >= 11 is 12.5. The van der Waals surface area contributed by atoms with E-state index in [4.69, 9.17) is 32.7 Å². The molecule has 174 valence electrons. The Hall–Kier alpha value is -1.81. The van der Waals surface area contributed by atoms with Gasteiger partial charge in [-0.25, -0.2) is 0 Å². The van der Waals surface area contributed by atoms with Gasteiger partial charge in [-0.05, 0) is 42.0 Å². The zero-order chi connectivity index (χ0) is 24.3. The molecule has 2 atom stereocenters. The lowest BCUT2D eigenvalue weighted by Crippen LogP contribution is -2.21. The van der Waals surface area contributed by atoms with Gasteiger partial charge in [0.15, 0.2) is 0 Å². The van der Waals surface area contributed by atoms with Crippen LogP contribution in [0.2, 0.25) is 10.0 Å². The molecule has 0 aliphatic rings. The summed E-state index contributed by atoms with van der Waals surface area (Å²) in [5, 5.41) is 0.0944. The van der Waals surface area contributed by atoms with Crippen LogP contribution >= 0.6 is 30.3 Å². The number of halogens is 2. The Morgan fingerprint density at radius 3 is 1.78 bits per heavy atom. The summed E-state index contributed by atoms with van der Waals surface area (Å²) in [6.45, 7) is 8.02. The van der Waals surface area contributed by atoms with E-state index in [-0.39, 0.29) is 50.2 Å². The van der Waals surface area contributed by atoms with E-state index in [1.165, 1.54) is 26.4 Å². The van der Waals surface area contributed by atoms with Crippen molar-refractivity contribution >= 4 is 41.4 Å². The van der Waals surface area contributed by atoms with Crippen molar-refractivity contribution in [3.8, 4) is 11.5 Å². The molecule has 0 N–H and O–H groups in total. The average molecular weight is 499 g/mol. The minimum atomic E-state index is -4.23. The molecule has 0 aliphatic heterocycles. The molecule has 2 rings (SSSR count). The van der Waals surface area contributed by atoms with Gasteiger partial charge in [0.25, 0.3) is 0 Å². The molecule has 0 amide bonds. The van der Waals surface area contributed by atoms with Crippen LogP contribution < -0.4 is 9.47 Å². The summed E-state index contributed by atoms with van der Waals surface area (Å²) in [7, 11) is -1.44. The molecule has 0 saturated heterocycles. The molecule has 0 bridgehead atoms. The fourth-order valence-electron chi connectivity index (χ4n) is 3.93. The SMILES string of the molecule is COc1cccc(OC)c1C(=O)P(=O)(CC(C)CC(C)(C)C)C(=O)c1c(Cl)cccc1Cl. The van der Waals surface area contributed by atoms with E-state index in [9.17, 15) is 14.2 Å². The molecule has 2 aromatic rings. The van der Waals surface area contributed by atoms with Crippen molar-refractivity contribution in [2.24, 2.45) is 11.3 Å². The summed E-state index contributed by atoms with van der Waals surface area (Å²) in [6.07, 6.45) is 0.543. The van der Waals surface area contributed by atoms with E-state index < -0.39 is 18.2 Å². The molecule has 0 heterocycles. The standard InChI is InChI=1S/C24H29Cl2O5P/c1-15(13-24(2,3)4)14-32(29,22(27)20-16(25)9-7-10-17(20)26)23(28)21-18(30-5)11-8-12-19(21)31-6/h7-12,15H,13-14H2,1-6H3. The second kappa shape index (κ2) is 10.4. The first-order valence-corrected chi connectivity index (χ1v) is 12.8. The van der Waals surface area contributed by atoms with Crippen molar-refractivity contribution in [2.75, 3.05) is 20.4 Å². The van der Waals surface area contributed by atoms with Gasteiger partial charge < -0.3 is 14.0 Å². The van der Waals surface area contributed by atoms with Crippen molar-refractivity contribution in [2.45, 2.75) is 34.1 Å². The fourth-order valence-corrected chi connectivity index (χ4v) is 7.34. The first kappa shape index (κ1) is 26.4. The summed E-state index contributed by atoms with van der Waals surface area (Å²) < 4.78 is 25.1. The van der Waals surface area contributed by atoms with Crippen molar-refractivity contribution in [3.63, 3.8) is 0 Å². The quantitative estimate of drug-likeness (QED) is 0.336. The molecule has 0 spiro atoms. The zero-order valence-electron chi connectivity index (χ0n) is 19.2. The van der Waals surface area contributed by atoms with Crippen LogP contribution in [-0.2, 0) is 4.57 Å². The topological polar surface area (TPSA) is 69.7 Å². The number of methoxy groups -OCH3 is 2. The minimum absolute atomic E-state index is 0.0275. The number of rotatable bonds is 9. The first-order valence-electron chi connectivity index (χ1n) is 10.2. The maximum atomic E-state index is 14.4. The maximum Gasteiger partial charge on any atom is 0.236 e. The molecule has 8 heteroatoms. The van der Waals surface area contributed by atoms with Crippen molar-refractivity contribution in [1.29, 1.82) is 0 Å². The Balaban J connectivity index is 2.71. The number of carbonyl (C=O) groups excluding carboxylic acids is 2. The first-order chi connectivity index (χ1) is 14.9. The third-order valence-corrected chi connectivity index (χ3v) is 8.53. The second-order valence-corrected chi connectivity index (χ2v) is 12.5. The van der Waals surface area contributed by atoms with Gasteiger partial charge in [-0.2, -0.15) is 0 Å². The van der Waals surface area contributed by atoms with Crippen molar-refractivity contribution < 1.29 is 23.6 Å². The van der Waals surface area contributed by atoms with Gasteiger partial charge in [0.2, 0.25) is 18.2 Å². The van der Waals surface area contributed by atoms with Crippen LogP contribution in [0, 0.1) is 11.3 Å². The van der Waals surface area contributed by atoms with Gasteiger partial charge in [0, 0.05) is 6.16 Å². The van der Waals surface area contributed by atoms with Crippen LogP contribution in [0.4, 0.5) is 0 Å². The molecule has 0 saturated carbocycles. The Morgan fingerprint density at radius 1 is 0.906 bits per heavy atom. The second-order valence-electron chi connectivity index (χ2n) is 9.04. The summed E-state index contributed by atoms with van der Waals surface area (Å²) in [5.41, 5.74) is -1.90. The highest BCUT2D eigenvalue weighted by molar-refractivity contribution is 7.95. The lowest BCUT2D eigenvalue weighted by molar-refractivity contribution is 0.103. The monoisotopic (exact) mass is 498 g/mol. The third kappa shape index (κ3) is 5.75. The molecular formula is C24H29Cl2O5P. The number of benzene rings is 2. The largest absolute Gasteiger partial charge is 0.496 e. The van der Waals surface area contributed by atoms with E-state index >= 15 is 0 Å².